The first kappa shape index (κ1) is 23.3. The molecule has 0 unspecified atom stereocenters. The van der Waals surface area contributed by atoms with E-state index in [1.54, 1.807) is 0 Å². The van der Waals surface area contributed by atoms with E-state index in [4.69, 9.17) is 0 Å². The Balaban J connectivity index is 1.82. The molecule has 0 saturated carbocycles. The number of amides is 2. The zero-order chi connectivity index (χ0) is 24.4. The summed E-state index contributed by atoms with van der Waals surface area (Å²) in [6.07, 6.45) is 0. The minimum absolute atomic E-state index is 0.284. The molecule has 0 N–H and O–H groups in total. The van der Waals surface area contributed by atoms with Crippen LogP contribution in [0.5, 0.6) is 0 Å². The normalized spacial score (nSPS) is 13.6. The Morgan fingerprint density at radius 1 is 0.794 bits per heavy atom. The molecule has 0 saturated heterocycles. The first-order valence-corrected chi connectivity index (χ1v) is 11.6. The summed E-state index contributed by atoms with van der Waals surface area (Å²) in [7, 11) is 3.92. The van der Waals surface area contributed by atoms with E-state index in [-0.39, 0.29) is 11.8 Å². The van der Waals surface area contributed by atoms with Gasteiger partial charge in [0.2, 0.25) is 0 Å². The van der Waals surface area contributed by atoms with Crippen molar-refractivity contribution in [2.75, 3.05) is 30.4 Å². The third-order valence-electron chi connectivity index (χ3n) is 6.39. The van der Waals surface area contributed by atoms with Crippen molar-refractivity contribution in [2.24, 2.45) is 0 Å². The van der Waals surface area contributed by atoms with Gasteiger partial charge in [-0.15, -0.1) is 0 Å². The molecule has 174 valence electrons. The fourth-order valence-electron chi connectivity index (χ4n) is 4.26. The van der Waals surface area contributed by atoms with Crippen molar-refractivity contribution < 1.29 is 9.59 Å². The number of aryl methyl sites for hydroxylation is 2. The Morgan fingerprint density at radius 2 is 1.47 bits per heavy atom. The molecule has 4 rings (SSSR count). The average molecular weight is 454 g/mol. The summed E-state index contributed by atoms with van der Waals surface area (Å²) in [5, 5.41) is 0. The monoisotopic (exact) mass is 453 g/mol. The Bertz CT molecular complexity index is 1240. The van der Waals surface area contributed by atoms with Crippen LogP contribution in [0, 0.1) is 13.8 Å². The highest BCUT2D eigenvalue weighted by atomic mass is 16.2. The summed E-state index contributed by atoms with van der Waals surface area (Å²) in [5.74, 6) is -0.569. The first-order chi connectivity index (χ1) is 16.3. The van der Waals surface area contributed by atoms with Gasteiger partial charge in [-0.1, -0.05) is 48.5 Å². The number of hydrogen-bond acceptors (Lipinski definition) is 4. The highest BCUT2D eigenvalue weighted by Gasteiger charge is 2.42. The van der Waals surface area contributed by atoms with Crippen LogP contribution in [-0.2, 0) is 16.1 Å². The minimum Gasteiger partial charge on any atom is -0.378 e. The van der Waals surface area contributed by atoms with Gasteiger partial charge in [-0.25, -0.2) is 4.90 Å². The van der Waals surface area contributed by atoms with E-state index >= 15 is 0 Å². The number of hydrogen-bond donors (Lipinski definition) is 0. The van der Waals surface area contributed by atoms with E-state index in [0.717, 1.165) is 27.9 Å². The lowest BCUT2D eigenvalue weighted by atomic mass is 9.99. The lowest BCUT2D eigenvalue weighted by Gasteiger charge is -2.25. The van der Waals surface area contributed by atoms with Crippen LogP contribution in [0.1, 0.15) is 29.2 Å². The van der Waals surface area contributed by atoms with Gasteiger partial charge in [0.1, 0.15) is 5.70 Å². The predicted molar refractivity (Wildman–Crippen MR) is 139 cm³/mol. The third kappa shape index (κ3) is 4.34. The lowest BCUT2D eigenvalue weighted by molar-refractivity contribution is -0.120. The molecular formula is C29H31N3O2. The molecular weight excluding hydrogens is 422 g/mol. The molecule has 0 spiro atoms. The third-order valence-corrected chi connectivity index (χ3v) is 6.39. The molecule has 3 aromatic carbocycles. The van der Waals surface area contributed by atoms with Crippen molar-refractivity contribution >= 4 is 28.8 Å². The summed E-state index contributed by atoms with van der Waals surface area (Å²) < 4.78 is 0. The van der Waals surface area contributed by atoms with Gasteiger partial charge >= 0.3 is 0 Å². The Morgan fingerprint density at radius 3 is 2.06 bits per heavy atom. The molecule has 0 bridgehead atoms. The van der Waals surface area contributed by atoms with Gasteiger partial charge in [0.25, 0.3) is 11.8 Å². The fraction of sp³-hybridized carbons (Fsp3) is 0.241. The van der Waals surface area contributed by atoms with Crippen LogP contribution in [0.4, 0.5) is 11.4 Å². The molecule has 0 fully saturated rings. The largest absolute Gasteiger partial charge is 0.378 e. The summed E-state index contributed by atoms with van der Waals surface area (Å²) >= 11 is 0. The fourth-order valence-corrected chi connectivity index (χ4v) is 4.26. The lowest BCUT2D eigenvalue weighted by Crippen LogP contribution is -2.35. The Kier molecular flexibility index (Phi) is 6.55. The van der Waals surface area contributed by atoms with E-state index < -0.39 is 0 Å². The van der Waals surface area contributed by atoms with Crippen LogP contribution < -0.4 is 9.80 Å². The van der Waals surface area contributed by atoms with Gasteiger partial charge in [0.05, 0.1) is 11.3 Å². The Labute approximate surface area is 201 Å². The molecule has 5 nitrogen and oxygen atoms in total. The number of nitrogens with zero attached hydrogens (tertiary/aromatic N) is 3. The summed E-state index contributed by atoms with van der Waals surface area (Å²) in [6.45, 7) is 7.24. The van der Waals surface area contributed by atoms with Crippen molar-refractivity contribution in [2.45, 2.75) is 27.3 Å². The Hall–Kier alpha value is -3.86. The molecule has 0 aromatic heterocycles. The van der Waals surface area contributed by atoms with Crippen molar-refractivity contribution in [3.63, 3.8) is 0 Å². The quantitative estimate of drug-likeness (QED) is 0.463. The van der Waals surface area contributed by atoms with Crippen LogP contribution in [0.25, 0.3) is 5.57 Å². The SMILES string of the molecule is CCN(Cc1ccccc1)C1=C(c2ccc(C)c(C)c2)C(=O)N(c2ccc(N(C)C)cc2)C1=O. The van der Waals surface area contributed by atoms with Crippen LogP contribution in [0.15, 0.2) is 78.5 Å². The molecule has 1 heterocycles. The molecule has 0 radical (unpaired) electrons. The summed E-state index contributed by atoms with van der Waals surface area (Å²) in [5.41, 5.74) is 6.59. The van der Waals surface area contributed by atoms with Crippen molar-refractivity contribution in [1.82, 2.24) is 4.90 Å². The van der Waals surface area contributed by atoms with E-state index in [1.165, 1.54) is 4.90 Å². The second-order valence-electron chi connectivity index (χ2n) is 8.88. The molecule has 1 aliphatic rings. The second kappa shape index (κ2) is 9.56. The van der Waals surface area contributed by atoms with E-state index in [1.807, 2.05) is 117 Å². The van der Waals surface area contributed by atoms with Gasteiger partial charge in [0, 0.05) is 32.9 Å². The van der Waals surface area contributed by atoms with E-state index in [0.29, 0.717) is 30.0 Å². The number of benzene rings is 3. The zero-order valence-electron chi connectivity index (χ0n) is 20.5. The molecule has 1 aliphatic heterocycles. The maximum absolute atomic E-state index is 13.9. The predicted octanol–water partition coefficient (Wildman–Crippen LogP) is 5.18. The number of rotatable bonds is 7. The smallest absolute Gasteiger partial charge is 0.282 e. The van der Waals surface area contributed by atoms with Crippen LogP contribution >= 0.6 is 0 Å². The number of imide groups is 1. The average Bonchev–Trinajstić information content (AvgIpc) is 3.09. The maximum Gasteiger partial charge on any atom is 0.282 e. The molecule has 0 atom stereocenters. The van der Waals surface area contributed by atoms with Gasteiger partial charge < -0.3 is 9.80 Å². The first-order valence-electron chi connectivity index (χ1n) is 11.6. The van der Waals surface area contributed by atoms with Crippen molar-refractivity contribution in [3.05, 3.63) is 101 Å². The molecule has 5 heteroatoms. The number of likely N-dealkylation sites (N-methyl/N-ethyl adjacent to an activating group) is 1. The number of carbonyl (C=O) groups excluding carboxylic acids is 2. The van der Waals surface area contributed by atoms with Crippen molar-refractivity contribution in [3.8, 4) is 0 Å². The van der Waals surface area contributed by atoms with Crippen LogP contribution in [0.2, 0.25) is 0 Å². The maximum atomic E-state index is 13.9. The number of carbonyl (C=O) groups is 2. The van der Waals surface area contributed by atoms with Crippen molar-refractivity contribution in [1.29, 1.82) is 0 Å². The van der Waals surface area contributed by atoms with E-state index in [2.05, 4.69) is 0 Å². The zero-order valence-corrected chi connectivity index (χ0v) is 20.5. The van der Waals surface area contributed by atoms with Gasteiger partial charge in [-0.2, -0.15) is 0 Å². The standard InChI is InChI=1S/C29H31N3O2/c1-6-31(19-22-10-8-7-9-11-22)27-26(23-13-12-20(2)21(3)18-23)28(33)32(29(27)34)25-16-14-24(15-17-25)30(4)5/h7-18H,6,19H2,1-5H3. The highest BCUT2D eigenvalue weighted by molar-refractivity contribution is 6.45. The van der Waals surface area contributed by atoms with Gasteiger partial charge in [-0.3, -0.25) is 9.59 Å². The summed E-state index contributed by atoms with van der Waals surface area (Å²) in [6, 6.07) is 23.5. The van der Waals surface area contributed by atoms with Gasteiger partial charge in [-0.05, 0) is 67.3 Å². The van der Waals surface area contributed by atoms with Gasteiger partial charge in [0.15, 0.2) is 0 Å². The highest BCUT2D eigenvalue weighted by Crippen LogP contribution is 2.36. The van der Waals surface area contributed by atoms with Crippen LogP contribution in [0.3, 0.4) is 0 Å². The van der Waals surface area contributed by atoms with E-state index in [9.17, 15) is 9.59 Å². The molecule has 3 aromatic rings. The minimum atomic E-state index is -0.285. The number of anilines is 2. The second-order valence-corrected chi connectivity index (χ2v) is 8.88. The molecule has 34 heavy (non-hydrogen) atoms. The topological polar surface area (TPSA) is 43.9 Å². The van der Waals surface area contributed by atoms with Crippen LogP contribution in [-0.4, -0.2) is 37.4 Å². The molecule has 0 aliphatic carbocycles. The molecule has 2 amide bonds. The summed E-state index contributed by atoms with van der Waals surface area (Å²) in [4.78, 5) is 33.0.